The molecule has 0 saturated heterocycles. The van der Waals surface area contributed by atoms with E-state index in [1.165, 1.54) is 0 Å². The van der Waals surface area contributed by atoms with Crippen LogP contribution in [0.15, 0.2) is 11.3 Å². The van der Waals surface area contributed by atoms with Crippen molar-refractivity contribution in [2.45, 2.75) is 19.9 Å². The third-order valence-electron chi connectivity index (χ3n) is 2.47. The van der Waals surface area contributed by atoms with Crippen molar-refractivity contribution < 1.29 is 0 Å². The van der Waals surface area contributed by atoms with E-state index >= 15 is 0 Å². The molecule has 0 saturated carbocycles. The van der Waals surface area contributed by atoms with E-state index in [-0.39, 0.29) is 0 Å². The molecular weight excluding hydrogens is 202 g/mol. The van der Waals surface area contributed by atoms with E-state index in [1.54, 1.807) is 6.33 Å². The molecule has 0 radical (unpaired) electrons. The molecule has 0 aliphatic carbocycles. The summed E-state index contributed by atoms with van der Waals surface area (Å²) in [5, 5.41) is 0. The Hall–Kier alpha value is -1.65. The Kier molecular flexibility index (Phi) is 3.82. The fraction of sp³-hybridized carbons (Fsp3) is 0.545. The number of hydrogen-bond donors (Lipinski definition) is 0. The van der Waals surface area contributed by atoms with Gasteiger partial charge in [-0.3, -0.25) is 4.99 Å². The maximum Gasteiger partial charge on any atom is 0.160 e. The molecule has 16 heavy (non-hydrogen) atoms. The van der Waals surface area contributed by atoms with Gasteiger partial charge >= 0.3 is 0 Å². The minimum absolute atomic E-state index is 0.352. The Balaban J connectivity index is 3.29. The lowest BCUT2D eigenvalue weighted by atomic mass is 10.3. The fourth-order valence-electron chi connectivity index (χ4n) is 1.33. The first-order valence-corrected chi connectivity index (χ1v) is 5.21. The second-order valence-corrected chi connectivity index (χ2v) is 4.13. The molecule has 0 aliphatic heterocycles. The van der Waals surface area contributed by atoms with Crippen molar-refractivity contribution in [2.24, 2.45) is 4.99 Å². The van der Waals surface area contributed by atoms with Gasteiger partial charge in [-0.15, -0.1) is 0 Å². The number of aromatic nitrogens is 2. The van der Waals surface area contributed by atoms with Crippen LogP contribution in [-0.4, -0.2) is 43.9 Å². The maximum atomic E-state index is 4.27. The summed E-state index contributed by atoms with van der Waals surface area (Å²) in [5.41, 5.74) is 0.726. The Labute approximate surface area is 96.8 Å². The van der Waals surface area contributed by atoms with Crippen molar-refractivity contribution >= 4 is 24.0 Å². The van der Waals surface area contributed by atoms with Gasteiger partial charge in [0.1, 0.15) is 12.0 Å². The average molecular weight is 221 g/mol. The van der Waals surface area contributed by atoms with Crippen LogP contribution in [0.3, 0.4) is 0 Å². The highest BCUT2D eigenvalue weighted by atomic mass is 15.2. The van der Waals surface area contributed by atoms with E-state index in [4.69, 9.17) is 0 Å². The summed E-state index contributed by atoms with van der Waals surface area (Å²) < 4.78 is 0. The molecular formula is C11H19N5. The number of aliphatic imine (C=N–C) groups is 1. The first-order valence-electron chi connectivity index (χ1n) is 5.21. The maximum absolute atomic E-state index is 4.27. The number of anilines is 2. The molecule has 0 amide bonds. The van der Waals surface area contributed by atoms with Gasteiger partial charge < -0.3 is 9.80 Å². The molecule has 1 heterocycles. The highest BCUT2D eigenvalue weighted by molar-refractivity contribution is 5.76. The third-order valence-corrected chi connectivity index (χ3v) is 2.47. The second-order valence-electron chi connectivity index (χ2n) is 4.13. The van der Waals surface area contributed by atoms with Gasteiger partial charge in [-0.2, -0.15) is 0 Å². The zero-order valence-corrected chi connectivity index (χ0v) is 10.6. The molecule has 0 aromatic carbocycles. The summed E-state index contributed by atoms with van der Waals surface area (Å²) in [4.78, 5) is 16.5. The minimum atomic E-state index is 0.352. The van der Waals surface area contributed by atoms with Gasteiger partial charge in [0, 0.05) is 27.2 Å². The SMILES string of the molecule is C=Nc1c(N(C)C)ncnc1N(C)C(C)C. The topological polar surface area (TPSA) is 44.6 Å². The lowest BCUT2D eigenvalue weighted by Crippen LogP contribution is -2.27. The standard InChI is InChI=1S/C11H19N5/c1-8(2)16(6)11-9(12-3)10(15(4)5)13-7-14-11/h7-8H,3H2,1-2,4-6H3. The molecule has 1 rings (SSSR count). The molecule has 1 aromatic heterocycles. The molecule has 88 valence electrons. The van der Waals surface area contributed by atoms with E-state index < -0.39 is 0 Å². The molecule has 0 spiro atoms. The van der Waals surface area contributed by atoms with Crippen LogP contribution in [0.4, 0.5) is 17.3 Å². The zero-order valence-electron chi connectivity index (χ0n) is 10.6. The van der Waals surface area contributed by atoms with Crippen LogP contribution in [0.1, 0.15) is 13.8 Å². The summed E-state index contributed by atoms with van der Waals surface area (Å²) >= 11 is 0. The van der Waals surface area contributed by atoms with Gasteiger partial charge in [0.15, 0.2) is 11.6 Å². The van der Waals surface area contributed by atoms with Crippen LogP contribution in [0.25, 0.3) is 0 Å². The van der Waals surface area contributed by atoms with E-state index in [0.29, 0.717) is 6.04 Å². The van der Waals surface area contributed by atoms with Gasteiger partial charge in [-0.25, -0.2) is 9.97 Å². The Morgan fingerprint density at radius 1 is 1.19 bits per heavy atom. The quantitative estimate of drug-likeness (QED) is 0.726. The van der Waals surface area contributed by atoms with Crippen LogP contribution in [0.5, 0.6) is 0 Å². The van der Waals surface area contributed by atoms with E-state index in [2.05, 4.69) is 40.4 Å². The molecule has 0 bridgehead atoms. The highest BCUT2D eigenvalue weighted by Crippen LogP contribution is 2.33. The predicted octanol–water partition coefficient (Wildman–Crippen LogP) is 1.72. The first-order chi connectivity index (χ1) is 7.49. The highest BCUT2D eigenvalue weighted by Gasteiger charge is 2.16. The van der Waals surface area contributed by atoms with Crippen molar-refractivity contribution in [3.05, 3.63) is 6.33 Å². The van der Waals surface area contributed by atoms with Crippen LogP contribution >= 0.6 is 0 Å². The molecule has 0 aliphatic rings. The van der Waals surface area contributed by atoms with E-state index in [1.807, 2.05) is 26.0 Å². The zero-order chi connectivity index (χ0) is 12.3. The summed E-state index contributed by atoms with van der Waals surface area (Å²) in [6.07, 6.45) is 1.55. The first kappa shape index (κ1) is 12.4. The van der Waals surface area contributed by atoms with Gasteiger partial charge in [0.05, 0.1) is 0 Å². The number of rotatable bonds is 4. The lowest BCUT2D eigenvalue weighted by molar-refractivity contribution is 0.741. The van der Waals surface area contributed by atoms with Gasteiger partial charge in [-0.05, 0) is 20.6 Å². The number of nitrogens with zero attached hydrogens (tertiary/aromatic N) is 5. The van der Waals surface area contributed by atoms with Gasteiger partial charge in [0.25, 0.3) is 0 Å². The third kappa shape index (κ3) is 2.29. The van der Waals surface area contributed by atoms with Gasteiger partial charge in [-0.1, -0.05) is 0 Å². The molecule has 5 heteroatoms. The second kappa shape index (κ2) is 4.92. The van der Waals surface area contributed by atoms with Crippen molar-refractivity contribution in [3.8, 4) is 0 Å². The molecule has 5 nitrogen and oxygen atoms in total. The van der Waals surface area contributed by atoms with Crippen molar-refractivity contribution in [1.82, 2.24) is 9.97 Å². The molecule has 1 aromatic rings. The Morgan fingerprint density at radius 3 is 2.19 bits per heavy atom. The summed E-state index contributed by atoms with van der Waals surface area (Å²) in [6.45, 7) is 7.80. The summed E-state index contributed by atoms with van der Waals surface area (Å²) in [5.74, 6) is 1.59. The van der Waals surface area contributed by atoms with Crippen LogP contribution in [-0.2, 0) is 0 Å². The van der Waals surface area contributed by atoms with E-state index in [9.17, 15) is 0 Å². The fourth-order valence-corrected chi connectivity index (χ4v) is 1.33. The molecule has 0 fully saturated rings. The van der Waals surface area contributed by atoms with Gasteiger partial charge in [0.2, 0.25) is 0 Å². The van der Waals surface area contributed by atoms with Crippen molar-refractivity contribution in [2.75, 3.05) is 30.9 Å². The monoisotopic (exact) mass is 221 g/mol. The normalized spacial score (nSPS) is 10.4. The average Bonchev–Trinajstić information content (AvgIpc) is 2.26. The largest absolute Gasteiger partial charge is 0.361 e. The Bertz CT molecular complexity index is 373. The molecule has 0 unspecified atom stereocenters. The molecule has 0 atom stereocenters. The van der Waals surface area contributed by atoms with Crippen molar-refractivity contribution in [1.29, 1.82) is 0 Å². The number of hydrogen-bond acceptors (Lipinski definition) is 5. The van der Waals surface area contributed by atoms with Crippen LogP contribution in [0, 0.1) is 0 Å². The predicted molar refractivity (Wildman–Crippen MR) is 69.1 cm³/mol. The Morgan fingerprint density at radius 2 is 1.75 bits per heavy atom. The minimum Gasteiger partial charge on any atom is -0.361 e. The van der Waals surface area contributed by atoms with E-state index in [0.717, 1.165) is 17.3 Å². The summed E-state index contributed by atoms with van der Waals surface area (Å²) in [7, 11) is 5.84. The smallest absolute Gasteiger partial charge is 0.160 e. The summed E-state index contributed by atoms with van der Waals surface area (Å²) in [6, 6.07) is 0.352. The van der Waals surface area contributed by atoms with Crippen LogP contribution < -0.4 is 9.80 Å². The lowest BCUT2D eigenvalue weighted by Gasteiger charge is -2.25. The molecule has 0 N–H and O–H groups in total. The van der Waals surface area contributed by atoms with Crippen molar-refractivity contribution in [3.63, 3.8) is 0 Å². The van der Waals surface area contributed by atoms with Crippen LogP contribution in [0.2, 0.25) is 0 Å².